The predicted octanol–water partition coefficient (Wildman–Crippen LogP) is 2.16. The number of esters is 1. The minimum Gasteiger partial charge on any atom is -0.462 e. The number of aryl methyl sites for hydroxylation is 1. The van der Waals surface area contributed by atoms with Crippen LogP contribution in [0.2, 0.25) is 0 Å². The first-order valence-corrected chi connectivity index (χ1v) is 10.0. The zero-order valence-electron chi connectivity index (χ0n) is 17.8. The van der Waals surface area contributed by atoms with Crippen LogP contribution < -0.4 is 20.1 Å². The summed E-state index contributed by atoms with van der Waals surface area (Å²) in [5.74, 6) is 0.444. The van der Waals surface area contributed by atoms with Crippen LogP contribution in [0.25, 0.3) is 0 Å². The van der Waals surface area contributed by atoms with Gasteiger partial charge in [-0.2, -0.15) is 10.3 Å². The Morgan fingerprint density at radius 1 is 1.15 bits per heavy atom. The monoisotopic (exact) mass is 445 g/mol. The highest BCUT2D eigenvalue weighted by Gasteiger charge is 2.29. The molecule has 2 heterocycles. The normalized spacial score (nSPS) is 14.6. The van der Waals surface area contributed by atoms with E-state index in [1.54, 1.807) is 49.4 Å². The molecule has 0 unspecified atom stereocenters. The summed E-state index contributed by atoms with van der Waals surface area (Å²) in [7, 11) is 0. The second-order valence-electron chi connectivity index (χ2n) is 6.98. The van der Waals surface area contributed by atoms with Crippen LogP contribution in [-0.4, -0.2) is 36.9 Å². The fraction of sp³-hybridized carbons (Fsp3) is 0.174. The molecule has 0 spiro atoms. The van der Waals surface area contributed by atoms with Crippen LogP contribution in [0, 0.1) is 18.3 Å². The van der Waals surface area contributed by atoms with Gasteiger partial charge in [-0.1, -0.05) is 6.07 Å². The van der Waals surface area contributed by atoms with E-state index >= 15 is 0 Å². The van der Waals surface area contributed by atoms with Gasteiger partial charge in [0, 0.05) is 0 Å². The van der Waals surface area contributed by atoms with Gasteiger partial charge in [-0.25, -0.2) is 4.79 Å². The number of hydrogen-bond acceptors (Lipinski definition) is 9. The predicted molar refractivity (Wildman–Crippen MR) is 118 cm³/mol. The summed E-state index contributed by atoms with van der Waals surface area (Å²) in [6, 6.07) is 13.5. The van der Waals surface area contributed by atoms with Gasteiger partial charge >= 0.3 is 12.0 Å². The molecule has 0 fully saturated rings. The number of amidine groups is 2. The van der Waals surface area contributed by atoms with Gasteiger partial charge in [-0.3, -0.25) is 15.1 Å². The molecule has 10 heteroatoms. The lowest BCUT2D eigenvalue weighted by atomic mass is 10.1. The first-order valence-electron chi connectivity index (χ1n) is 10.0. The van der Waals surface area contributed by atoms with Crippen LogP contribution in [0.3, 0.4) is 0 Å². The molecule has 4 rings (SSSR count). The number of amides is 1. The SMILES string of the molecule is CCOC(=O)c1ccc(OC2=NC(Oc3cc(C#N)ccc3C)=C3NC(=O)CN=C3N2)cc1. The Kier molecular flexibility index (Phi) is 6.04. The van der Waals surface area contributed by atoms with Gasteiger partial charge in [0.25, 0.3) is 5.88 Å². The second-order valence-corrected chi connectivity index (χ2v) is 6.98. The summed E-state index contributed by atoms with van der Waals surface area (Å²) < 4.78 is 16.7. The van der Waals surface area contributed by atoms with Gasteiger partial charge in [0.05, 0.1) is 23.8 Å². The maximum Gasteiger partial charge on any atom is 0.338 e. The highest BCUT2D eigenvalue weighted by Crippen LogP contribution is 2.25. The molecule has 0 bridgehead atoms. The molecule has 2 aliphatic heterocycles. The maximum absolute atomic E-state index is 11.9. The molecule has 33 heavy (non-hydrogen) atoms. The number of nitriles is 1. The summed E-state index contributed by atoms with van der Waals surface area (Å²) in [5, 5.41) is 14.8. The Morgan fingerprint density at radius 2 is 1.94 bits per heavy atom. The Hall–Kier alpha value is -4.65. The molecule has 0 radical (unpaired) electrons. The van der Waals surface area contributed by atoms with Crippen LogP contribution in [0.15, 0.2) is 64.0 Å². The van der Waals surface area contributed by atoms with E-state index in [0.29, 0.717) is 28.5 Å². The fourth-order valence-corrected chi connectivity index (χ4v) is 2.99. The van der Waals surface area contributed by atoms with Crippen molar-refractivity contribution in [1.82, 2.24) is 10.6 Å². The Balaban J connectivity index is 1.63. The number of hydrogen-bond donors (Lipinski definition) is 2. The first-order chi connectivity index (χ1) is 16.0. The fourth-order valence-electron chi connectivity index (χ4n) is 2.99. The third-order valence-electron chi connectivity index (χ3n) is 4.63. The zero-order valence-corrected chi connectivity index (χ0v) is 17.8. The van der Waals surface area contributed by atoms with E-state index < -0.39 is 5.97 Å². The molecule has 10 nitrogen and oxygen atoms in total. The molecule has 0 saturated heterocycles. The molecule has 2 aliphatic rings. The Labute approximate surface area is 189 Å². The summed E-state index contributed by atoms with van der Waals surface area (Å²) in [5.41, 5.74) is 1.84. The standard InChI is InChI=1S/C23H19N5O5/c1-3-31-22(30)15-6-8-16(9-7-15)32-23-27-20-19(26-18(29)12-25-20)21(28-23)33-17-10-14(11-24)5-4-13(17)2/h4-10H,3,12H2,1-2H3,(H,26,29)(H,25,27,28). The second kappa shape index (κ2) is 9.23. The number of carbonyl (C=O) groups excluding carboxylic acids is 2. The molecule has 0 aromatic heterocycles. The largest absolute Gasteiger partial charge is 0.462 e. The average molecular weight is 445 g/mol. The minimum absolute atomic E-state index is 0.0527. The summed E-state index contributed by atoms with van der Waals surface area (Å²) in [6.45, 7) is 3.77. The van der Waals surface area contributed by atoms with E-state index in [9.17, 15) is 14.9 Å². The lowest BCUT2D eigenvalue weighted by Crippen LogP contribution is -2.48. The van der Waals surface area contributed by atoms with E-state index in [1.807, 2.05) is 6.92 Å². The molecule has 2 N–H and O–H groups in total. The van der Waals surface area contributed by atoms with E-state index in [4.69, 9.17) is 14.2 Å². The first kappa shape index (κ1) is 21.6. The number of carbonyl (C=O) groups is 2. The van der Waals surface area contributed by atoms with Gasteiger partial charge in [-0.15, -0.1) is 0 Å². The Bertz CT molecular complexity index is 1250. The van der Waals surface area contributed by atoms with Gasteiger partial charge in [-0.05, 0) is 55.8 Å². The highest BCUT2D eigenvalue weighted by molar-refractivity contribution is 6.13. The molecule has 0 atom stereocenters. The van der Waals surface area contributed by atoms with E-state index in [1.165, 1.54) is 0 Å². The van der Waals surface area contributed by atoms with Crippen molar-refractivity contribution < 1.29 is 23.8 Å². The molecule has 0 saturated carbocycles. The number of rotatable bonds is 5. The van der Waals surface area contributed by atoms with Gasteiger partial charge < -0.3 is 19.5 Å². The minimum atomic E-state index is -0.428. The van der Waals surface area contributed by atoms with E-state index in [-0.39, 0.29) is 36.7 Å². The summed E-state index contributed by atoms with van der Waals surface area (Å²) in [6.07, 6.45) is 0. The third-order valence-corrected chi connectivity index (χ3v) is 4.63. The summed E-state index contributed by atoms with van der Waals surface area (Å²) >= 11 is 0. The lowest BCUT2D eigenvalue weighted by molar-refractivity contribution is -0.119. The van der Waals surface area contributed by atoms with Gasteiger partial charge in [0.1, 0.15) is 23.7 Å². The quantitative estimate of drug-likeness (QED) is 0.674. The van der Waals surface area contributed by atoms with Crippen LogP contribution in [0.5, 0.6) is 11.5 Å². The summed E-state index contributed by atoms with van der Waals surface area (Å²) in [4.78, 5) is 32.3. The van der Waals surface area contributed by atoms with Gasteiger partial charge in [0.2, 0.25) is 5.91 Å². The highest BCUT2D eigenvalue weighted by atomic mass is 16.5. The van der Waals surface area contributed by atoms with Crippen molar-refractivity contribution in [3.8, 4) is 17.6 Å². The molecular weight excluding hydrogens is 426 g/mol. The molecule has 166 valence electrons. The smallest absolute Gasteiger partial charge is 0.338 e. The van der Waals surface area contributed by atoms with Crippen LogP contribution in [0.4, 0.5) is 0 Å². The Morgan fingerprint density at radius 3 is 2.67 bits per heavy atom. The molecule has 1 amide bonds. The van der Waals surface area contributed by atoms with Crippen molar-refractivity contribution in [3.05, 3.63) is 70.7 Å². The van der Waals surface area contributed by atoms with Crippen LogP contribution >= 0.6 is 0 Å². The molecule has 2 aromatic rings. The average Bonchev–Trinajstić information content (AvgIpc) is 2.81. The topological polar surface area (TPSA) is 134 Å². The van der Waals surface area contributed by atoms with E-state index in [0.717, 1.165) is 5.56 Å². The van der Waals surface area contributed by atoms with Crippen LogP contribution in [0.1, 0.15) is 28.4 Å². The van der Waals surface area contributed by atoms with Crippen molar-refractivity contribution in [2.24, 2.45) is 9.98 Å². The van der Waals surface area contributed by atoms with Crippen molar-refractivity contribution >= 4 is 23.7 Å². The number of fused-ring (bicyclic) bond motifs is 1. The van der Waals surface area contributed by atoms with Crippen molar-refractivity contribution in [2.75, 3.05) is 13.2 Å². The van der Waals surface area contributed by atoms with Gasteiger partial charge in [0.15, 0.2) is 5.84 Å². The zero-order chi connectivity index (χ0) is 23.4. The van der Waals surface area contributed by atoms with Crippen LogP contribution in [-0.2, 0) is 9.53 Å². The van der Waals surface area contributed by atoms with Crippen molar-refractivity contribution in [1.29, 1.82) is 5.26 Å². The molecule has 0 aliphatic carbocycles. The third kappa shape index (κ3) is 4.83. The number of ether oxygens (including phenoxy) is 3. The number of nitrogens with zero attached hydrogens (tertiary/aromatic N) is 3. The molecular formula is C23H19N5O5. The number of benzene rings is 2. The van der Waals surface area contributed by atoms with E-state index in [2.05, 4.69) is 26.7 Å². The van der Waals surface area contributed by atoms with Crippen molar-refractivity contribution in [3.63, 3.8) is 0 Å². The number of nitrogens with one attached hydrogen (secondary N) is 2. The maximum atomic E-state index is 11.9. The molecule has 2 aromatic carbocycles. The van der Waals surface area contributed by atoms with Crippen molar-refractivity contribution in [2.45, 2.75) is 13.8 Å². The lowest BCUT2D eigenvalue weighted by Gasteiger charge is -2.25. The number of aliphatic imine (C=N–C) groups is 2.